The fourth-order valence-electron chi connectivity index (χ4n) is 1.60. The molecule has 2 aromatic rings. The number of hydrogen-bond acceptors (Lipinski definition) is 3. The molecule has 1 aromatic carbocycles. The monoisotopic (exact) mass is 248 g/mol. The molecule has 90 valence electrons. The molecule has 0 aliphatic carbocycles. The minimum atomic E-state index is -0.218. The Morgan fingerprint density at radius 3 is 2.71 bits per heavy atom. The second kappa shape index (κ2) is 4.11. The number of nitrogens with zero attached hydrogens (tertiary/aromatic N) is 1. The van der Waals surface area contributed by atoms with E-state index in [-0.39, 0.29) is 11.4 Å². The summed E-state index contributed by atoms with van der Waals surface area (Å²) in [5.74, 6) is -0.0509. The minimum absolute atomic E-state index is 0.0509. The van der Waals surface area contributed by atoms with E-state index in [1.807, 2.05) is 45.9 Å². The van der Waals surface area contributed by atoms with Gasteiger partial charge < -0.3 is 5.32 Å². The first-order valence-corrected chi connectivity index (χ1v) is 6.36. The van der Waals surface area contributed by atoms with E-state index in [1.165, 1.54) is 0 Å². The predicted molar refractivity (Wildman–Crippen MR) is 71.6 cm³/mol. The van der Waals surface area contributed by atoms with Gasteiger partial charge in [0.2, 0.25) is 0 Å². The van der Waals surface area contributed by atoms with E-state index in [1.54, 1.807) is 11.3 Å². The third-order valence-corrected chi connectivity index (χ3v) is 3.20. The van der Waals surface area contributed by atoms with Gasteiger partial charge in [-0.05, 0) is 45.9 Å². The zero-order chi connectivity index (χ0) is 12.6. The van der Waals surface area contributed by atoms with Crippen molar-refractivity contribution in [2.75, 3.05) is 0 Å². The van der Waals surface area contributed by atoms with Gasteiger partial charge in [0.1, 0.15) is 0 Å². The number of benzene rings is 1. The molecule has 0 saturated carbocycles. The molecule has 0 fully saturated rings. The van der Waals surface area contributed by atoms with Crippen LogP contribution in [0.25, 0.3) is 10.2 Å². The number of carbonyl (C=O) groups is 1. The molecule has 4 heteroatoms. The molecule has 0 saturated heterocycles. The highest BCUT2D eigenvalue weighted by Crippen LogP contribution is 2.22. The summed E-state index contributed by atoms with van der Waals surface area (Å²) in [5.41, 5.74) is 1.34. The highest BCUT2D eigenvalue weighted by atomic mass is 32.1. The number of nitrogens with one attached hydrogen (secondary N) is 1. The van der Waals surface area contributed by atoms with Crippen molar-refractivity contribution < 1.29 is 4.79 Å². The molecule has 2 rings (SSSR count). The molecule has 1 aromatic heterocycles. The van der Waals surface area contributed by atoms with Gasteiger partial charge in [-0.2, -0.15) is 0 Å². The summed E-state index contributed by atoms with van der Waals surface area (Å²) in [6.07, 6.45) is 0. The van der Waals surface area contributed by atoms with Crippen LogP contribution in [0.1, 0.15) is 36.1 Å². The lowest BCUT2D eigenvalue weighted by Gasteiger charge is -2.20. The summed E-state index contributed by atoms with van der Waals surface area (Å²) in [4.78, 5) is 16.4. The standard InChI is InChI=1S/C13H16N2OS/c1-8-14-10-7-9(5-6-11(10)17-8)12(16)15-13(2,3)4/h5-7H,1-4H3,(H,15,16). The molecule has 17 heavy (non-hydrogen) atoms. The second-order valence-electron chi connectivity index (χ2n) is 5.12. The molecular weight excluding hydrogens is 232 g/mol. The van der Waals surface area contributed by atoms with E-state index in [9.17, 15) is 4.79 Å². The third-order valence-electron chi connectivity index (χ3n) is 2.25. The normalized spacial score (nSPS) is 11.8. The van der Waals surface area contributed by atoms with Gasteiger partial charge in [0, 0.05) is 11.1 Å². The lowest BCUT2D eigenvalue weighted by molar-refractivity contribution is 0.0919. The Morgan fingerprint density at radius 2 is 2.06 bits per heavy atom. The Kier molecular flexibility index (Phi) is 2.91. The largest absolute Gasteiger partial charge is 0.347 e. The van der Waals surface area contributed by atoms with Crippen LogP contribution in [-0.4, -0.2) is 16.4 Å². The molecule has 0 aliphatic rings. The molecular formula is C13H16N2OS. The molecule has 0 radical (unpaired) electrons. The molecule has 0 unspecified atom stereocenters. The molecule has 0 spiro atoms. The van der Waals surface area contributed by atoms with Crippen LogP contribution < -0.4 is 5.32 Å². The van der Waals surface area contributed by atoms with Crippen molar-refractivity contribution in [3.8, 4) is 0 Å². The lowest BCUT2D eigenvalue weighted by atomic mass is 10.1. The first-order chi connectivity index (χ1) is 7.85. The van der Waals surface area contributed by atoms with Crippen molar-refractivity contribution >= 4 is 27.5 Å². The van der Waals surface area contributed by atoms with E-state index in [2.05, 4.69) is 10.3 Å². The van der Waals surface area contributed by atoms with Crippen molar-refractivity contribution in [1.29, 1.82) is 0 Å². The number of aryl methyl sites for hydroxylation is 1. The van der Waals surface area contributed by atoms with Gasteiger partial charge in [-0.25, -0.2) is 4.98 Å². The number of thiazole rings is 1. The van der Waals surface area contributed by atoms with Crippen molar-refractivity contribution in [2.45, 2.75) is 33.2 Å². The molecule has 1 heterocycles. The molecule has 3 nitrogen and oxygen atoms in total. The summed E-state index contributed by atoms with van der Waals surface area (Å²) < 4.78 is 1.12. The van der Waals surface area contributed by atoms with Gasteiger partial charge >= 0.3 is 0 Å². The van der Waals surface area contributed by atoms with Crippen LogP contribution >= 0.6 is 11.3 Å². The van der Waals surface area contributed by atoms with Gasteiger partial charge in [-0.15, -0.1) is 11.3 Å². The van der Waals surface area contributed by atoms with E-state index in [4.69, 9.17) is 0 Å². The lowest BCUT2D eigenvalue weighted by Crippen LogP contribution is -2.40. The second-order valence-corrected chi connectivity index (χ2v) is 6.35. The van der Waals surface area contributed by atoms with Crippen LogP contribution in [0.4, 0.5) is 0 Å². The highest BCUT2D eigenvalue weighted by molar-refractivity contribution is 7.18. The van der Waals surface area contributed by atoms with Gasteiger partial charge in [0.25, 0.3) is 5.91 Å². The van der Waals surface area contributed by atoms with Gasteiger partial charge in [-0.1, -0.05) is 0 Å². The summed E-state index contributed by atoms with van der Waals surface area (Å²) in [6.45, 7) is 7.88. The summed E-state index contributed by atoms with van der Waals surface area (Å²) in [5, 5.41) is 3.97. The van der Waals surface area contributed by atoms with Crippen LogP contribution in [0.3, 0.4) is 0 Å². The Hall–Kier alpha value is -1.42. The topological polar surface area (TPSA) is 42.0 Å². The Morgan fingerprint density at radius 1 is 1.35 bits per heavy atom. The SMILES string of the molecule is Cc1nc2cc(C(=O)NC(C)(C)C)ccc2s1. The van der Waals surface area contributed by atoms with E-state index in [0.717, 1.165) is 15.2 Å². The highest BCUT2D eigenvalue weighted by Gasteiger charge is 2.15. The van der Waals surface area contributed by atoms with Crippen LogP contribution in [0.2, 0.25) is 0 Å². The maximum atomic E-state index is 12.0. The third kappa shape index (κ3) is 2.82. The number of hydrogen-bond donors (Lipinski definition) is 1. The smallest absolute Gasteiger partial charge is 0.251 e. The zero-order valence-corrected chi connectivity index (χ0v) is 11.3. The first-order valence-electron chi connectivity index (χ1n) is 5.55. The van der Waals surface area contributed by atoms with Crippen LogP contribution in [0.5, 0.6) is 0 Å². The Labute approximate surface area is 105 Å². The number of amides is 1. The predicted octanol–water partition coefficient (Wildman–Crippen LogP) is 3.13. The quantitative estimate of drug-likeness (QED) is 0.842. The van der Waals surface area contributed by atoms with E-state index in [0.29, 0.717) is 5.56 Å². The minimum Gasteiger partial charge on any atom is -0.347 e. The number of fused-ring (bicyclic) bond motifs is 1. The van der Waals surface area contributed by atoms with E-state index < -0.39 is 0 Å². The zero-order valence-electron chi connectivity index (χ0n) is 10.5. The van der Waals surface area contributed by atoms with Gasteiger partial charge in [0.05, 0.1) is 15.2 Å². The fraction of sp³-hybridized carbons (Fsp3) is 0.385. The molecule has 0 bridgehead atoms. The molecule has 1 amide bonds. The summed E-state index contributed by atoms with van der Waals surface area (Å²) >= 11 is 1.64. The maximum Gasteiger partial charge on any atom is 0.251 e. The van der Waals surface area contributed by atoms with Crippen molar-refractivity contribution in [3.63, 3.8) is 0 Å². The molecule has 0 aliphatic heterocycles. The molecule has 1 N–H and O–H groups in total. The van der Waals surface area contributed by atoms with Crippen LogP contribution in [-0.2, 0) is 0 Å². The average molecular weight is 248 g/mol. The van der Waals surface area contributed by atoms with Crippen molar-refractivity contribution in [1.82, 2.24) is 10.3 Å². The molecule has 0 atom stereocenters. The van der Waals surface area contributed by atoms with Crippen LogP contribution in [0.15, 0.2) is 18.2 Å². The van der Waals surface area contributed by atoms with E-state index >= 15 is 0 Å². The Bertz CT molecular complexity index is 566. The number of carbonyl (C=O) groups excluding carboxylic acids is 1. The van der Waals surface area contributed by atoms with Crippen molar-refractivity contribution in [2.24, 2.45) is 0 Å². The van der Waals surface area contributed by atoms with Gasteiger partial charge in [0.15, 0.2) is 0 Å². The number of aromatic nitrogens is 1. The maximum absolute atomic E-state index is 12.0. The fourth-order valence-corrected chi connectivity index (χ4v) is 2.40. The average Bonchev–Trinajstić information content (AvgIpc) is 2.53. The Balaban J connectivity index is 2.33. The summed E-state index contributed by atoms with van der Waals surface area (Å²) in [7, 11) is 0. The van der Waals surface area contributed by atoms with Crippen LogP contribution in [0, 0.1) is 6.92 Å². The number of rotatable bonds is 1. The van der Waals surface area contributed by atoms with Crippen molar-refractivity contribution in [3.05, 3.63) is 28.8 Å². The van der Waals surface area contributed by atoms with Gasteiger partial charge in [-0.3, -0.25) is 4.79 Å². The first kappa shape index (κ1) is 12.0. The summed E-state index contributed by atoms with van der Waals surface area (Å²) in [6, 6.07) is 5.65.